The van der Waals surface area contributed by atoms with Gasteiger partial charge in [-0.15, -0.1) is 6.42 Å². The van der Waals surface area contributed by atoms with Gasteiger partial charge in [0.05, 0.1) is 0 Å². The van der Waals surface area contributed by atoms with Crippen molar-refractivity contribution in [1.29, 1.82) is 0 Å². The maximum atomic E-state index is 5.06. The summed E-state index contributed by atoms with van der Waals surface area (Å²) in [4.78, 5) is 0. The number of hydrogen-bond acceptors (Lipinski definition) is 0. The SMILES string of the molecule is C#CC(C)=CC=CC. The lowest BCUT2D eigenvalue weighted by Gasteiger charge is -1.78. The lowest BCUT2D eigenvalue weighted by Crippen LogP contribution is -1.61. The first-order valence-corrected chi connectivity index (χ1v) is 2.57. The van der Waals surface area contributed by atoms with E-state index >= 15 is 0 Å². The fraction of sp³-hybridized carbons (Fsp3) is 0.250. The molecule has 0 spiro atoms. The Morgan fingerprint density at radius 3 is 2.62 bits per heavy atom. The van der Waals surface area contributed by atoms with E-state index in [9.17, 15) is 0 Å². The van der Waals surface area contributed by atoms with Gasteiger partial charge in [-0.3, -0.25) is 0 Å². The van der Waals surface area contributed by atoms with Crippen molar-refractivity contribution in [3.05, 3.63) is 23.8 Å². The zero-order valence-corrected chi connectivity index (χ0v) is 5.31. The van der Waals surface area contributed by atoms with E-state index in [2.05, 4.69) is 5.92 Å². The highest BCUT2D eigenvalue weighted by Gasteiger charge is 1.70. The Labute approximate surface area is 50.9 Å². The molecule has 0 heteroatoms. The predicted octanol–water partition coefficient (Wildman–Crippen LogP) is 2.14. The fourth-order valence-corrected chi connectivity index (χ4v) is 0.289. The first-order valence-electron chi connectivity index (χ1n) is 2.57. The first kappa shape index (κ1) is 7.04. The molecule has 0 fully saturated rings. The van der Waals surface area contributed by atoms with Crippen molar-refractivity contribution in [1.82, 2.24) is 0 Å². The number of terminal acetylenes is 1. The quantitative estimate of drug-likeness (QED) is 0.355. The largest absolute Gasteiger partial charge is 0.115 e. The van der Waals surface area contributed by atoms with Crippen LogP contribution in [-0.2, 0) is 0 Å². The fourth-order valence-electron chi connectivity index (χ4n) is 0.289. The molecule has 0 saturated carbocycles. The Hall–Kier alpha value is -0.960. The van der Waals surface area contributed by atoms with Crippen molar-refractivity contribution in [2.24, 2.45) is 0 Å². The van der Waals surface area contributed by atoms with Crippen LogP contribution in [0.25, 0.3) is 0 Å². The van der Waals surface area contributed by atoms with Crippen LogP contribution in [-0.4, -0.2) is 0 Å². The number of hydrogen-bond donors (Lipinski definition) is 0. The van der Waals surface area contributed by atoms with Crippen LogP contribution in [0, 0.1) is 12.3 Å². The van der Waals surface area contributed by atoms with Gasteiger partial charge in [-0.1, -0.05) is 24.1 Å². The van der Waals surface area contributed by atoms with Crippen LogP contribution >= 0.6 is 0 Å². The van der Waals surface area contributed by atoms with Gasteiger partial charge >= 0.3 is 0 Å². The molecule has 0 heterocycles. The normalized spacial score (nSPS) is 11.9. The van der Waals surface area contributed by atoms with E-state index in [1.807, 2.05) is 32.1 Å². The third kappa shape index (κ3) is 3.24. The molecule has 0 aromatic heterocycles. The van der Waals surface area contributed by atoms with E-state index in [1.165, 1.54) is 0 Å². The molecule has 0 aromatic rings. The second kappa shape index (κ2) is 4.21. The molecule has 0 bridgehead atoms. The second-order valence-corrected chi connectivity index (χ2v) is 1.52. The molecule has 0 aliphatic heterocycles. The van der Waals surface area contributed by atoms with Crippen molar-refractivity contribution < 1.29 is 0 Å². The smallest absolute Gasteiger partial charge is 0.00136 e. The van der Waals surface area contributed by atoms with E-state index in [0.717, 1.165) is 5.57 Å². The minimum atomic E-state index is 0.961. The molecule has 8 heavy (non-hydrogen) atoms. The predicted molar refractivity (Wildman–Crippen MR) is 37.4 cm³/mol. The van der Waals surface area contributed by atoms with Gasteiger partial charge in [-0.05, 0) is 19.4 Å². The number of allylic oxidation sites excluding steroid dienone is 4. The zero-order valence-electron chi connectivity index (χ0n) is 5.31. The summed E-state index contributed by atoms with van der Waals surface area (Å²) in [6, 6.07) is 0. The molecule has 42 valence electrons. The van der Waals surface area contributed by atoms with Crippen molar-refractivity contribution in [2.45, 2.75) is 13.8 Å². The summed E-state index contributed by atoms with van der Waals surface area (Å²) in [6.45, 7) is 3.86. The van der Waals surface area contributed by atoms with E-state index < -0.39 is 0 Å². The lowest BCUT2D eigenvalue weighted by atomic mass is 10.3. The standard InChI is InChI=1S/C8H10/c1-4-6-7-8(3)5-2/h2,4,6-7H,1,3H3. The maximum absolute atomic E-state index is 5.06. The van der Waals surface area contributed by atoms with Crippen LogP contribution < -0.4 is 0 Å². The summed E-state index contributed by atoms with van der Waals surface area (Å²) < 4.78 is 0. The van der Waals surface area contributed by atoms with Gasteiger partial charge in [0.15, 0.2) is 0 Å². The van der Waals surface area contributed by atoms with Gasteiger partial charge in [0.2, 0.25) is 0 Å². The third-order valence-electron chi connectivity index (χ3n) is 0.766. The highest BCUT2D eigenvalue weighted by atomic mass is 13.8. The Kier molecular flexibility index (Phi) is 3.70. The highest BCUT2D eigenvalue weighted by Crippen LogP contribution is 1.87. The van der Waals surface area contributed by atoms with E-state index in [1.54, 1.807) is 0 Å². The van der Waals surface area contributed by atoms with Crippen molar-refractivity contribution >= 4 is 0 Å². The van der Waals surface area contributed by atoms with Gasteiger partial charge in [0, 0.05) is 0 Å². The molecule has 0 amide bonds. The summed E-state index contributed by atoms with van der Waals surface area (Å²) in [7, 11) is 0. The molecule has 0 aliphatic rings. The van der Waals surface area contributed by atoms with E-state index in [4.69, 9.17) is 6.42 Å². The van der Waals surface area contributed by atoms with Gasteiger partial charge in [-0.2, -0.15) is 0 Å². The van der Waals surface area contributed by atoms with Crippen LogP contribution in [0.4, 0.5) is 0 Å². The maximum Gasteiger partial charge on any atom is -0.00136 e. The van der Waals surface area contributed by atoms with E-state index in [-0.39, 0.29) is 0 Å². The molecule has 0 nitrogen and oxygen atoms in total. The topological polar surface area (TPSA) is 0 Å². The molecular weight excluding hydrogens is 96.1 g/mol. The molecule has 0 aromatic carbocycles. The Morgan fingerprint density at radius 1 is 1.62 bits per heavy atom. The minimum Gasteiger partial charge on any atom is -0.115 e. The van der Waals surface area contributed by atoms with Crippen LogP contribution in [0.2, 0.25) is 0 Å². The molecule has 0 saturated heterocycles. The first-order chi connectivity index (χ1) is 3.81. The van der Waals surface area contributed by atoms with Gasteiger partial charge < -0.3 is 0 Å². The van der Waals surface area contributed by atoms with Crippen molar-refractivity contribution in [3.8, 4) is 12.3 Å². The molecule has 0 radical (unpaired) electrons. The Morgan fingerprint density at radius 2 is 2.25 bits per heavy atom. The Balaban J connectivity index is 3.81. The van der Waals surface area contributed by atoms with Gasteiger partial charge in [-0.25, -0.2) is 0 Å². The molecule has 0 atom stereocenters. The average Bonchev–Trinajstić information content (AvgIpc) is 1.83. The molecule has 0 N–H and O–H groups in total. The molecule has 0 rings (SSSR count). The van der Waals surface area contributed by atoms with Crippen LogP contribution in [0.5, 0.6) is 0 Å². The summed E-state index contributed by atoms with van der Waals surface area (Å²) in [5.41, 5.74) is 0.961. The summed E-state index contributed by atoms with van der Waals surface area (Å²) in [5, 5.41) is 0. The van der Waals surface area contributed by atoms with Gasteiger partial charge in [0.1, 0.15) is 0 Å². The van der Waals surface area contributed by atoms with E-state index in [0.29, 0.717) is 0 Å². The van der Waals surface area contributed by atoms with Crippen LogP contribution in [0.1, 0.15) is 13.8 Å². The summed E-state index contributed by atoms with van der Waals surface area (Å²) in [6.07, 6.45) is 10.8. The van der Waals surface area contributed by atoms with Crippen molar-refractivity contribution in [3.63, 3.8) is 0 Å². The van der Waals surface area contributed by atoms with Crippen LogP contribution in [0.3, 0.4) is 0 Å². The summed E-state index contributed by atoms with van der Waals surface area (Å²) >= 11 is 0. The molecular formula is C8H10. The minimum absolute atomic E-state index is 0.961. The molecule has 0 unspecified atom stereocenters. The Bertz CT molecular complexity index is 142. The third-order valence-corrected chi connectivity index (χ3v) is 0.766. The monoisotopic (exact) mass is 106 g/mol. The van der Waals surface area contributed by atoms with Crippen molar-refractivity contribution in [2.75, 3.05) is 0 Å². The van der Waals surface area contributed by atoms with Crippen LogP contribution in [0.15, 0.2) is 23.8 Å². The summed E-state index contributed by atoms with van der Waals surface area (Å²) in [5.74, 6) is 2.51. The zero-order chi connectivity index (χ0) is 6.41. The number of rotatable bonds is 1. The lowest BCUT2D eigenvalue weighted by molar-refractivity contribution is 1.57. The second-order valence-electron chi connectivity index (χ2n) is 1.52. The average molecular weight is 106 g/mol. The molecule has 0 aliphatic carbocycles. The van der Waals surface area contributed by atoms with Gasteiger partial charge in [0.25, 0.3) is 0 Å². The highest BCUT2D eigenvalue weighted by molar-refractivity contribution is 5.26.